The van der Waals surface area contributed by atoms with E-state index in [0.717, 1.165) is 10.9 Å². The number of anilines is 1. The van der Waals surface area contributed by atoms with Crippen molar-refractivity contribution in [3.63, 3.8) is 0 Å². The quantitative estimate of drug-likeness (QED) is 0.859. The number of pyridine rings is 1. The first kappa shape index (κ1) is 15.7. The lowest BCUT2D eigenvalue weighted by Crippen LogP contribution is -2.37. The Kier molecular flexibility index (Phi) is 4.80. The number of hydrogen-bond acceptors (Lipinski definition) is 4. The van der Waals surface area contributed by atoms with E-state index in [1.54, 1.807) is 25.3 Å². The fraction of sp³-hybridized carbons (Fsp3) is 0.400. The van der Waals surface area contributed by atoms with Gasteiger partial charge in [-0.25, -0.2) is 8.42 Å². The van der Waals surface area contributed by atoms with Crippen LogP contribution in [0.25, 0.3) is 10.9 Å². The Morgan fingerprint density at radius 3 is 2.67 bits per heavy atom. The van der Waals surface area contributed by atoms with Gasteiger partial charge in [-0.05, 0) is 31.2 Å². The summed E-state index contributed by atoms with van der Waals surface area (Å²) in [5.74, 6) is 0. The third-order valence-corrected chi connectivity index (χ3v) is 4.95. The van der Waals surface area contributed by atoms with Crippen LogP contribution in [0, 0.1) is 0 Å². The third kappa shape index (κ3) is 4.15. The van der Waals surface area contributed by atoms with Gasteiger partial charge in [-0.15, -0.1) is 0 Å². The molecule has 1 aromatic heterocycles. The first-order chi connectivity index (χ1) is 9.88. The minimum Gasteiger partial charge on any atom is -0.313 e. The topological polar surface area (TPSA) is 71.1 Å². The van der Waals surface area contributed by atoms with Crippen LogP contribution in [-0.2, 0) is 10.0 Å². The minimum atomic E-state index is -3.41. The highest BCUT2D eigenvalue weighted by Crippen LogP contribution is 2.19. The Hall–Kier alpha value is -1.66. The molecule has 2 rings (SSSR count). The lowest BCUT2D eigenvalue weighted by molar-refractivity contribution is 0.553. The Morgan fingerprint density at radius 2 is 1.95 bits per heavy atom. The van der Waals surface area contributed by atoms with Crippen molar-refractivity contribution >= 4 is 26.6 Å². The van der Waals surface area contributed by atoms with Crippen molar-refractivity contribution < 1.29 is 8.42 Å². The van der Waals surface area contributed by atoms with E-state index in [0.29, 0.717) is 12.2 Å². The number of nitrogens with zero attached hydrogens (tertiary/aromatic N) is 1. The predicted octanol–water partition coefficient (Wildman–Crippen LogP) is 2.36. The number of hydrogen-bond donors (Lipinski definition) is 2. The summed E-state index contributed by atoms with van der Waals surface area (Å²) >= 11 is 0. The summed E-state index contributed by atoms with van der Waals surface area (Å²) in [5.41, 5.74) is 1.40. The van der Waals surface area contributed by atoms with Crippen LogP contribution in [0.4, 0.5) is 5.69 Å². The zero-order chi connectivity index (χ0) is 15.5. The second-order valence-corrected chi connectivity index (χ2v) is 7.53. The van der Waals surface area contributed by atoms with Crippen molar-refractivity contribution in [1.82, 2.24) is 10.3 Å². The molecule has 0 bridgehead atoms. The highest BCUT2D eigenvalue weighted by atomic mass is 32.2. The van der Waals surface area contributed by atoms with Gasteiger partial charge in [-0.2, -0.15) is 0 Å². The maximum atomic E-state index is 12.3. The minimum absolute atomic E-state index is 0.259. The molecule has 0 saturated carbocycles. The Balaban J connectivity index is 2.14. The highest BCUT2D eigenvalue weighted by molar-refractivity contribution is 7.93. The third-order valence-electron chi connectivity index (χ3n) is 3.21. The van der Waals surface area contributed by atoms with Gasteiger partial charge in [-0.3, -0.25) is 9.71 Å². The smallest absolute Gasteiger partial charge is 0.236 e. The summed E-state index contributed by atoms with van der Waals surface area (Å²) in [5, 5.41) is 3.54. The van der Waals surface area contributed by atoms with Crippen molar-refractivity contribution in [1.29, 1.82) is 0 Å². The van der Waals surface area contributed by atoms with Gasteiger partial charge in [0, 0.05) is 29.9 Å². The molecular formula is C15H21N3O2S. The zero-order valence-corrected chi connectivity index (χ0v) is 13.3. The summed E-state index contributed by atoms with van der Waals surface area (Å²) in [6, 6.07) is 9.33. The maximum absolute atomic E-state index is 12.3. The van der Waals surface area contributed by atoms with E-state index in [4.69, 9.17) is 0 Å². The van der Waals surface area contributed by atoms with Gasteiger partial charge >= 0.3 is 0 Å². The standard InChI is InChI=1S/C15H21N3O2S/c1-11(2)17-10-12(3)21(19,20)18-14-6-7-15-13(9-14)5-4-8-16-15/h4-9,11-12,17-18H,10H2,1-3H3. The van der Waals surface area contributed by atoms with Gasteiger partial charge in [-0.1, -0.05) is 19.9 Å². The first-order valence-corrected chi connectivity index (χ1v) is 8.53. The number of sulfonamides is 1. The molecule has 0 spiro atoms. The van der Waals surface area contributed by atoms with E-state index in [1.807, 2.05) is 32.0 Å². The predicted molar refractivity (Wildman–Crippen MR) is 86.9 cm³/mol. The van der Waals surface area contributed by atoms with Crippen LogP contribution in [0.1, 0.15) is 20.8 Å². The molecule has 1 unspecified atom stereocenters. The Morgan fingerprint density at radius 1 is 1.19 bits per heavy atom. The van der Waals surface area contributed by atoms with E-state index in [-0.39, 0.29) is 6.04 Å². The van der Waals surface area contributed by atoms with Gasteiger partial charge in [0.25, 0.3) is 0 Å². The normalized spacial score (nSPS) is 13.5. The molecular weight excluding hydrogens is 286 g/mol. The van der Waals surface area contributed by atoms with Crippen LogP contribution in [0.3, 0.4) is 0 Å². The van der Waals surface area contributed by atoms with E-state index in [9.17, 15) is 8.42 Å². The molecule has 0 amide bonds. The van der Waals surface area contributed by atoms with Crippen LogP contribution in [0.2, 0.25) is 0 Å². The molecule has 2 N–H and O–H groups in total. The summed E-state index contributed by atoms with van der Waals surface area (Å²) in [6.07, 6.45) is 1.71. The summed E-state index contributed by atoms with van der Waals surface area (Å²) < 4.78 is 27.2. The fourth-order valence-electron chi connectivity index (χ4n) is 1.92. The van der Waals surface area contributed by atoms with Gasteiger partial charge in [0.1, 0.15) is 0 Å². The molecule has 0 aliphatic carbocycles. The first-order valence-electron chi connectivity index (χ1n) is 6.98. The van der Waals surface area contributed by atoms with Gasteiger partial charge < -0.3 is 5.32 Å². The van der Waals surface area contributed by atoms with Crippen LogP contribution in [0.5, 0.6) is 0 Å². The molecule has 114 valence electrons. The van der Waals surface area contributed by atoms with Crippen molar-refractivity contribution in [2.45, 2.75) is 32.1 Å². The average Bonchev–Trinajstić information content (AvgIpc) is 2.44. The van der Waals surface area contributed by atoms with Crippen LogP contribution in [-0.4, -0.2) is 31.2 Å². The van der Waals surface area contributed by atoms with E-state index in [1.165, 1.54) is 0 Å². The van der Waals surface area contributed by atoms with Crippen LogP contribution >= 0.6 is 0 Å². The largest absolute Gasteiger partial charge is 0.313 e. The molecule has 0 radical (unpaired) electrons. The number of aromatic nitrogens is 1. The molecule has 1 heterocycles. The molecule has 0 fully saturated rings. The number of nitrogens with one attached hydrogen (secondary N) is 2. The second kappa shape index (κ2) is 6.41. The van der Waals surface area contributed by atoms with Gasteiger partial charge in [0.2, 0.25) is 10.0 Å². The molecule has 2 aromatic rings. The molecule has 5 nitrogen and oxygen atoms in total. The summed E-state index contributed by atoms with van der Waals surface area (Å²) in [6.45, 7) is 6.09. The molecule has 0 saturated heterocycles. The number of benzene rings is 1. The highest BCUT2D eigenvalue weighted by Gasteiger charge is 2.20. The van der Waals surface area contributed by atoms with Crippen molar-refractivity contribution in [2.24, 2.45) is 0 Å². The monoisotopic (exact) mass is 307 g/mol. The van der Waals surface area contributed by atoms with Gasteiger partial charge in [0.05, 0.1) is 10.8 Å². The van der Waals surface area contributed by atoms with E-state index < -0.39 is 15.3 Å². The van der Waals surface area contributed by atoms with E-state index >= 15 is 0 Å². The second-order valence-electron chi connectivity index (χ2n) is 5.43. The SMILES string of the molecule is CC(C)NCC(C)S(=O)(=O)Nc1ccc2ncccc2c1. The van der Waals surface area contributed by atoms with Crippen molar-refractivity contribution in [3.8, 4) is 0 Å². The van der Waals surface area contributed by atoms with Crippen LogP contribution in [0.15, 0.2) is 36.5 Å². The zero-order valence-electron chi connectivity index (χ0n) is 12.5. The van der Waals surface area contributed by atoms with E-state index in [2.05, 4.69) is 15.0 Å². The molecule has 1 aromatic carbocycles. The fourth-order valence-corrected chi connectivity index (χ4v) is 2.89. The average molecular weight is 307 g/mol. The molecule has 0 aliphatic heterocycles. The lowest BCUT2D eigenvalue weighted by atomic mass is 10.2. The van der Waals surface area contributed by atoms with Crippen molar-refractivity contribution in [3.05, 3.63) is 36.5 Å². The molecule has 6 heteroatoms. The number of fused-ring (bicyclic) bond motifs is 1. The van der Waals surface area contributed by atoms with Crippen molar-refractivity contribution in [2.75, 3.05) is 11.3 Å². The number of rotatable bonds is 6. The Labute approximate surface area is 125 Å². The van der Waals surface area contributed by atoms with Gasteiger partial charge in [0.15, 0.2) is 0 Å². The molecule has 1 atom stereocenters. The van der Waals surface area contributed by atoms with Crippen LogP contribution < -0.4 is 10.0 Å². The maximum Gasteiger partial charge on any atom is 0.236 e. The lowest BCUT2D eigenvalue weighted by Gasteiger charge is -2.17. The molecule has 21 heavy (non-hydrogen) atoms. The Bertz CT molecular complexity index is 714. The molecule has 0 aliphatic rings. The summed E-state index contributed by atoms with van der Waals surface area (Å²) in [7, 11) is -3.41. The summed E-state index contributed by atoms with van der Waals surface area (Å²) in [4.78, 5) is 4.22.